The third kappa shape index (κ3) is 4.83. The molecule has 0 radical (unpaired) electrons. The van der Waals surface area contributed by atoms with Gasteiger partial charge < -0.3 is 20.8 Å². The molecule has 0 heterocycles. The molecule has 0 saturated carbocycles. The lowest BCUT2D eigenvalue weighted by Gasteiger charge is -2.17. The van der Waals surface area contributed by atoms with Crippen LogP contribution in [0, 0.1) is 0 Å². The summed E-state index contributed by atoms with van der Waals surface area (Å²) in [4.78, 5) is 11.0. The molecular weight excluding hydrogens is 232 g/mol. The minimum Gasteiger partial charge on any atom is -0.394 e. The van der Waals surface area contributed by atoms with Gasteiger partial charge in [-0.1, -0.05) is 12.1 Å². The van der Waals surface area contributed by atoms with E-state index in [2.05, 4.69) is 10.6 Å². The van der Waals surface area contributed by atoms with Gasteiger partial charge in [0.1, 0.15) is 0 Å². The number of carbonyl (C=O) groups excluding carboxylic acids is 1. The monoisotopic (exact) mass is 252 g/mol. The summed E-state index contributed by atoms with van der Waals surface area (Å²) in [5.74, 6) is -0.108. The highest BCUT2D eigenvalue weighted by atomic mass is 16.3. The Labute approximate surface area is 107 Å². The van der Waals surface area contributed by atoms with Gasteiger partial charge in [-0.2, -0.15) is 0 Å². The maximum Gasteiger partial charge on any atom is 0.221 e. The van der Waals surface area contributed by atoms with Crippen LogP contribution >= 0.6 is 0 Å². The number of carbonyl (C=O) groups is 1. The first-order valence-corrected chi connectivity index (χ1v) is 5.92. The number of hydrogen-bond donors (Lipinski definition) is 4. The zero-order chi connectivity index (χ0) is 13.5. The lowest BCUT2D eigenvalue weighted by atomic mass is 10.1. The van der Waals surface area contributed by atoms with Crippen molar-refractivity contribution >= 4 is 11.6 Å². The highest BCUT2D eigenvalue weighted by Crippen LogP contribution is 2.17. The molecule has 0 saturated heterocycles. The smallest absolute Gasteiger partial charge is 0.221 e. The predicted molar refractivity (Wildman–Crippen MR) is 70.3 cm³/mol. The van der Waals surface area contributed by atoms with Crippen molar-refractivity contribution in [3.8, 4) is 0 Å². The first kappa shape index (κ1) is 14.6. The quantitative estimate of drug-likeness (QED) is 0.599. The molecule has 18 heavy (non-hydrogen) atoms. The SMILES string of the molecule is CC(=O)Nc1cccc(C(C)NC[C@@H](O)CO)c1. The first-order chi connectivity index (χ1) is 8.52. The van der Waals surface area contributed by atoms with Crippen LogP contribution in [-0.2, 0) is 4.79 Å². The summed E-state index contributed by atoms with van der Waals surface area (Å²) in [7, 11) is 0. The fourth-order valence-corrected chi connectivity index (χ4v) is 1.58. The molecule has 1 unspecified atom stereocenters. The van der Waals surface area contributed by atoms with E-state index in [4.69, 9.17) is 5.11 Å². The fourth-order valence-electron chi connectivity index (χ4n) is 1.58. The Bertz CT molecular complexity index is 396. The highest BCUT2D eigenvalue weighted by Gasteiger charge is 2.08. The Balaban J connectivity index is 2.62. The number of aliphatic hydroxyl groups is 2. The number of benzene rings is 1. The van der Waals surface area contributed by atoms with Crippen molar-refractivity contribution in [3.05, 3.63) is 29.8 Å². The molecule has 0 aliphatic carbocycles. The number of nitrogens with one attached hydrogen (secondary N) is 2. The van der Waals surface area contributed by atoms with E-state index < -0.39 is 6.10 Å². The van der Waals surface area contributed by atoms with Crippen LogP contribution in [0.4, 0.5) is 5.69 Å². The van der Waals surface area contributed by atoms with Crippen molar-refractivity contribution in [2.45, 2.75) is 26.0 Å². The van der Waals surface area contributed by atoms with Crippen molar-refractivity contribution in [1.82, 2.24) is 5.32 Å². The predicted octanol–water partition coefficient (Wildman–Crippen LogP) is 0.649. The van der Waals surface area contributed by atoms with Crippen molar-refractivity contribution in [2.24, 2.45) is 0 Å². The third-order valence-corrected chi connectivity index (χ3v) is 2.58. The largest absolute Gasteiger partial charge is 0.394 e. The number of aliphatic hydroxyl groups excluding tert-OH is 2. The van der Waals surface area contributed by atoms with Crippen LogP contribution in [-0.4, -0.2) is 35.4 Å². The van der Waals surface area contributed by atoms with Crippen molar-refractivity contribution in [3.63, 3.8) is 0 Å². The van der Waals surface area contributed by atoms with Crippen LogP contribution in [0.3, 0.4) is 0 Å². The molecule has 0 aliphatic heterocycles. The number of anilines is 1. The van der Waals surface area contributed by atoms with Gasteiger partial charge in [-0.25, -0.2) is 0 Å². The number of hydrogen-bond acceptors (Lipinski definition) is 4. The van der Waals surface area contributed by atoms with Gasteiger partial charge in [0.15, 0.2) is 0 Å². The first-order valence-electron chi connectivity index (χ1n) is 5.92. The number of amides is 1. The van der Waals surface area contributed by atoms with Gasteiger partial charge >= 0.3 is 0 Å². The summed E-state index contributed by atoms with van der Waals surface area (Å²) >= 11 is 0. The van der Waals surface area contributed by atoms with Gasteiger partial charge in [0.25, 0.3) is 0 Å². The average molecular weight is 252 g/mol. The molecule has 1 aromatic rings. The van der Waals surface area contributed by atoms with E-state index in [1.807, 2.05) is 31.2 Å². The normalized spacial score (nSPS) is 14.0. The van der Waals surface area contributed by atoms with Crippen LogP contribution in [0.25, 0.3) is 0 Å². The van der Waals surface area contributed by atoms with E-state index >= 15 is 0 Å². The van der Waals surface area contributed by atoms with Crippen LogP contribution in [0.1, 0.15) is 25.5 Å². The summed E-state index contributed by atoms with van der Waals surface area (Å²) in [5, 5.41) is 23.8. The summed E-state index contributed by atoms with van der Waals surface area (Å²) in [6, 6.07) is 7.53. The van der Waals surface area contributed by atoms with E-state index in [9.17, 15) is 9.90 Å². The van der Waals surface area contributed by atoms with Crippen LogP contribution < -0.4 is 10.6 Å². The van der Waals surface area contributed by atoms with Gasteiger partial charge in [0.2, 0.25) is 5.91 Å². The maximum absolute atomic E-state index is 11.0. The van der Waals surface area contributed by atoms with Crippen molar-refractivity contribution in [1.29, 1.82) is 0 Å². The molecule has 1 aromatic carbocycles. The third-order valence-electron chi connectivity index (χ3n) is 2.58. The van der Waals surface area contributed by atoms with Gasteiger partial charge in [-0.3, -0.25) is 4.79 Å². The van der Waals surface area contributed by atoms with Gasteiger partial charge in [0, 0.05) is 25.2 Å². The molecule has 0 bridgehead atoms. The molecule has 1 rings (SSSR count). The lowest BCUT2D eigenvalue weighted by Crippen LogP contribution is -2.31. The molecule has 2 atom stereocenters. The van der Waals surface area contributed by atoms with E-state index in [0.29, 0.717) is 6.54 Å². The Morgan fingerprint density at radius 1 is 1.44 bits per heavy atom. The molecule has 5 heteroatoms. The van der Waals surface area contributed by atoms with Crippen LogP contribution in [0.5, 0.6) is 0 Å². The van der Waals surface area contributed by atoms with E-state index in [-0.39, 0.29) is 18.6 Å². The minimum absolute atomic E-state index is 0.0277. The summed E-state index contributed by atoms with van der Waals surface area (Å²) < 4.78 is 0. The average Bonchev–Trinajstić information content (AvgIpc) is 2.35. The molecule has 0 fully saturated rings. The molecule has 0 aliphatic rings. The second-order valence-corrected chi connectivity index (χ2v) is 4.27. The van der Waals surface area contributed by atoms with Crippen LogP contribution in [0.15, 0.2) is 24.3 Å². The molecular formula is C13H20N2O3. The number of rotatable bonds is 6. The second kappa shape index (κ2) is 7.10. The molecule has 100 valence electrons. The topological polar surface area (TPSA) is 81.6 Å². The standard InChI is InChI=1S/C13H20N2O3/c1-9(14-7-13(18)8-16)11-4-3-5-12(6-11)15-10(2)17/h3-6,9,13-14,16,18H,7-8H2,1-2H3,(H,15,17)/t9?,13-/m1/s1. The molecule has 1 amide bonds. The maximum atomic E-state index is 11.0. The van der Waals surface area contributed by atoms with Crippen molar-refractivity contribution in [2.75, 3.05) is 18.5 Å². The zero-order valence-corrected chi connectivity index (χ0v) is 10.7. The Kier molecular flexibility index (Phi) is 5.77. The summed E-state index contributed by atoms with van der Waals surface area (Å²) in [6.45, 7) is 3.48. The minimum atomic E-state index is -0.758. The molecule has 0 aromatic heterocycles. The van der Waals surface area contributed by atoms with Gasteiger partial charge in [-0.15, -0.1) is 0 Å². The summed E-state index contributed by atoms with van der Waals surface area (Å²) in [5.41, 5.74) is 1.75. The van der Waals surface area contributed by atoms with Gasteiger partial charge in [-0.05, 0) is 24.6 Å². The van der Waals surface area contributed by atoms with E-state index in [1.54, 1.807) is 0 Å². The molecule has 5 nitrogen and oxygen atoms in total. The zero-order valence-electron chi connectivity index (χ0n) is 10.7. The fraction of sp³-hybridized carbons (Fsp3) is 0.462. The van der Waals surface area contributed by atoms with E-state index in [0.717, 1.165) is 11.3 Å². The summed E-state index contributed by atoms with van der Waals surface area (Å²) in [6.07, 6.45) is -0.758. The lowest BCUT2D eigenvalue weighted by molar-refractivity contribution is -0.114. The van der Waals surface area contributed by atoms with E-state index in [1.165, 1.54) is 6.92 Å². The van der Waals surface area contributed by atoms with Crippen molar-refractivity contribution < 1.29 is 15.0 Å². The Morgan fingerprint density at radius 3 is 2.78 bits per heavy atom. The Hall–Kier alpha value is -1.43. The second-order valence-electron chi connectivity index (χ2n) is 4.27. The molecule has 4 N–H and O–H groups in total. The van der Waals surface area contributed by atoms with Gasteiger partial charge in [0.05, 0.1) is 12.7 Å². The Morgan fingerprint density at radius 2 is 2.17 bits per heavy atom. The van der Waals surface area contributed by atoms with Crippen LogP contribution in [0.2, 0.25) is 0 Å². The highest BCUT2D eigenvalue weighted by molar-refractivity contribution is 5.88. The molecule has 0 spiro atoms.